The van der Waals surface area contributed by atoms with Gasteiger partial charge < -0.3 is 14.2 Å². The molecule has 0 atom stereocenters. The Kier molecular flexibility index (Phi) is 4.12. The minimum Gasteiger partial charge on any atom is -0.494 e. The summed E-state index contributed by atoms with van der Waals surface area (Å²) in [5, 5.41) is 1.39. The molecule has 0 saturated heterocycles. The SMILES string of the molecule is COc1c(C)c(OC)c2c(c1OC(C)=O)c1ccccc1n2C(C)=O. The highest BCUT2D eigenvalue weighted by Crippen LogP contribution is 2.49. The highest BCUT2D eigenvalue weighted by molar-refractivity contribution is 6.19. The average molecular weight is 341 g/mol. The summed E-state index contributed by atoms with van der Waals surface area (Å²) in [5.41, 5.74) is 1.93. The molecule has 6 nitrogen and oxygen atoms in total. The van der Waals surface area contributed by atoms with Crippen LogP contribution in [0.5, 0.6) is 17.2 Å². The van der Waals surface area contributed by atoms with Crippen LogP contribution < -0.4 is 14.2 Å². The van der Waals surface area contributed by atoms with Crippen molar-refractivity contribution in [1.29, 1.82) is 0 Å². The van der Waals surface area contributed by atoms with Gasteiger partial charge in [-0.2, -0.15) is 0 Å². The summed E-state index contributed by atoms with van der Waals surface area (Å²) in [5.74, 6) is 0.575. The average Bonchev–Trinajstić information content (AvgIpc) is 2.90. The molecule has 0 fully saturated rings. The molecule has 0 aliphatic rings. The summed E-state index contributed by atoms with van der Waals surface area (Å²) in [6.07, 6.45) is 0. The lowest BCUT2D eigenvalue weighted by Crippen LogP contribution is -2.08. The van der Waals surface area contributed by atoms with Crippen molar-refractivity contribution in [2.75, 3.05) is 14.2 Å². The largest absolute Gasteiger partial charge is 0.494 e. The summed E-state index contributed by atoms with van der Waals surface area (Å²) in [6, 6.07) is 7.43. The van der Waals surface area contributed by atoms with Crippen molar-refractivity contribution in [3.8, 4) is 17.2 Å². The summed E-state index contributed by atoms with van der Waals surface area (Å²) in [6.45, 7) is 4.61. The molecule has 0 N–H and O–H groups in total. The second-order valence-corrected chi connectivity index (χ2v) is 5.71. The van der Waals surface area contributed by atoms with Gasteiger partial charge in [0.05, 0.1) is 25.1 Å². The number of nitrogens with zero attached hydrogens (tertiary/aromatic N) is 1. The number of aromatic nitrogens is 1. The number of benzene rings is 2. The summed E-state index contributed by atoms with van der Waals surface area (Å²) >= 11 is 0. The van der Waals surface area contributed by atoms with Crippen molar-refractivity contribution in [3.05, 3.63) is 29.8 Å². The van der Waals surface area contributed by atoms with Crippen LogP contribution in [-0.2, 0) is 4.79 Å². The number of para-hydroxylation sites is 1. The van der Waals surface area contributed by atoms with Crippen LogP contribution in [0.15, 0.2) is 24.3 Å². The molecule has 2 aromatic carbocycles. The van der Waals surface area contributed by atoms with Crippen LogP contribution in [0.25, 0.3) is 21.8 Å². The van der Waals surface area contributed by atoms with Crippen LogP contribution in [0.1, 0.15) is 24.2 Å². The standard InChI is InChI=1S/C19H19NO5/c1-10-17(23-4)16-15(19(18(10)24-5)25-12(3)22)13-8-6-7-9-14(13)20(16)11(2)21/h6-9H,1-5H3. The zero-order chi connectivity index (χ0) is 18.3. The number of hydrogen-bond donors (Lipinski definition) is 0. The molecule has 0 unspecified atom stereocenters. The van der Waals surface area contributed by atoms with E-state index in [0.717, 1.165) is 5.39 Å². The van der Waals surface area contributed by atoms with Crippen LogP contribution in [0, 0.1) is 6.92 Å². The molecule has 6 heteroatoms. The Bertz CT molecular complexity index is 1020. The van der Waals surface area contributed by atoms with E-state index in [9.17, 15) is 9.59 Å². The van der Waals surface area contributed by atoms with Gasteiger partial charge in [0.1, 0.15) is 11.3 Å². The van der Waals surface area contributed by atoms with E-state index < -0.39 is 5.97 Å². The number of hydrogen-bond acceptors (Lipinski definition) is 5. The Hall–Kier alpha value is -3.02. The van der Waals surface area contributed by atoms with E-state index in [1.165, 1.54) is 28.1 Å². The van der Waals surface area contributed by atoms with Crippen LogP contribution in [-0.4, -0.2) is 30.7 Å². The fourth-order valence-corrected chi connectivity index (χ4v) is 3.31. The smallest absolute Gasteiger partial charge is 0.308 e. The lowest BCUT2D eigenvalue weighted by molar-refractivity contribution is -0.131. The fraction of sp³-hybridized carbons (Fsp3) is 0.263. The van der Waals surface area contributed by atoms with Crippen molar-refractivity contribution in [1.82, 2.24) is 4.57 Å². The van der Waals surface area contributed by atoms with Gasteiger partial charge in [0, 0.05) is 24.8 Å². The third-order valence-corrected chi connectivity index (χ3v) is 4.17. The molecule has 1 aromatic heterocycles. The second-order valence-electron chi connectivity index (χ2n) is 5.71. The van der Waals surface area contributed by atoms with Crippen molar-refractivity contribution in [2.24, 2.45) is 0 Å². The first-order valence-electron chi connectivity index (χ1n) is 7.79. The van der Waals surface area contributed by atoms with Crippen molar-refractivity contribution < 1.29 is 23.8 Å². The third kappa shape index (κ3) is 2.41. The zero-order valence-corrected chi connectivity index (χ0v) is 14.8. The Labute approximate surface area is 144 Å². The molecular formula is C19H19NO5. The minimum atomic E-state index is -0.469. The van der Waals surface area contributed by atoms with E-state index in [-0.39, 0.29) is 5.91 Å². The van der Waals surface area contributed by atoms with Crippen molar-refractivity contribution in [2.45, 2.75) is 20.8 Å². The number of rotatable bonds is 3. The number of fused-ring (bicyclic) bond motifs is 3. The van der Waals surface area contributed by atoms with Gasteiger partial charge in [-0.25, -0.2) is 0 Å². The van der Waals surface area contributed by atoms with Gasteiger partial charge in [0.25, 0.3) is 0 Å². The van der Waals surface area contributed by atoms with Crippen LogP contribution in [0.3, 0.4) is 0 Å². The number of ether oxygens (including phenoxy) is 3. The van der Waals surface area contributed by atoms with Gasteiger partial charge in [-0.3, -0.25) is 14.2 Å². The molecular weight excluding hydrogens is 322 g/mol. The van der Waals surface area contributed by atoms with Crippen molar-refractivity contribution >= 4 is 33.7 Å². The number of carbonyl (C=O) groups is 2. The number of carbonyl (C=O) groups excluding carboxylic acids is 2. The molecule has 3 aromatic rings. The predicted molar refractivity (Wildman–Crippen MR) is 94.9 cm³/mol. The number of methoxy groups -OCH3 is 2. The molecule has 0 saturated carbocycles. The van der Waals surface area contributed by atoms with E-state index >= 15 is 0 Å². The first kappa shape index (κ1) is 16.8. The monoisotopic (exact) mass is 341 g/mol. The quantitative estimate of drug-likeness (QED) is 0.537. The van der Waals surface area contributed by atoms with Gasteiger partial charge in [-0.1, -0.05) is 18.2 Å². The lowest BCUT2D eigenvalue weighted by atomic mass is 10.1. The summed E-state index contributed by atoms with van der Waals surface area (Å²) in [4.78, 5) is 24.1. The Morgan fingerprint density at radius 3 is 2.16 bits per heavy atom. The number of esters is 1. The molecule has 130 valence electrons. The highest BCUT2D eigenvalue weighted by atomic mass is 16.6. The first-order chi connectivity index (χ1) is 11.9. The Morgan fingerprint density at radius 2 is 1.60 bits per heavy atom. The van der Waals surface area contributed by atoms with Gasteiger partial charge in [-0.05, 0) is 13.0 Å². The molecule has 0 aliphatic heterocycles. The summed E-state index contributed by atoms with van der Waals surface area (Å²) < 4.78 is 18.1. The second kappa shape index (κ2) is 6.12. The molecule has 0 spiro atoms. The van der Waals surface area contributed by atoms with Gasteiger partial charge >= 0.3 is 5.97 Å². The van der Waals surface area contributed by atoms with Crippen LogP contribution in [0.4, 0.5) is 0 Å². The van der Waals surface area contributed by atoms with E-state index in [4.69, 9.17) is 14.2 Å². The minimum absolute atomic E-state index is 0.164. The predicted octanol–water partition coefficient (Wildman–Crippen LogP) is 3.71. The maximum Gasteiger partial charge on any atom is 0.308 e. The van der Waals surface area contributed by atoms with Crippen molar-refractivity contribution in [3.63, 3.8) is 0 Å². The normalized spacial score (nSPS) is 10.9. The fourth-order valence-electron chi connectivity index (χ4n) is 3.31. The highest BCUT2D eigenvalue weighted by Gasteiger charge is 2.27. The van der Waals surface area contributed by atoms with Gasteiger partial charge in [0.2, 0.25) is 5.91 Å². The van der Waals surface area contributed by atoms with E-state index in [2.05, 4.69) is 0 Å². The van der Waals surface area contributed by atoms with E-state index in [1.54, 1.807) is 11.5 Å². The molecule has 0 aliphatic carbocycles. The Balaban J connectivity index is 2.68. The summed E-state index contributed by atoms with van der Waals surface area (Å²) in [7, 11) is 3.04. The molecule has 25 heavy (non-hydrogen) atoms. The van der Waals surface area contributed by atoms with E-state index in [1.807, 2.05) is 24.3 Å². The Morgan fingerprint density at radius 1 is 0.960 bits per heavy atom. The molecule has 0 amide bonds. The molecule has 3 rings (SSSR count). The molecule has 0 radical (unpaired) electrons. The maximum absolute atomic E-state index is 12.4. The molecule has 0 bridgehead atoms. The lowest BCUT2D eigenvalue weighted by Gasteiger charge is -2.17. The third-order valence-electron chi connectivity index (χ3n) is 4.17. The van der Waals surface area contributed by atoms with Crippen LogP contribution >= 0.6 is 0 Å². The topological polar surface area (TPSA) is 66.8 Å². The van der Waals surface area contributed by atoms with E-state index in [0.29, 0.717) is 39.2 Å². The van der Waals surface area contributed by atoms with Gasteiger partial charge in [0.15, 0.2) is 11.5 Å². The van der Waals surface area contributed by atoms with Gasteiger partial charge in [-0.15, -0.1) is 0 Å². The first-order valence-corrected chi connectivity index (χ1v) is 7.79. The van der Waals surface area contributed by atoms with Crippen LogP contribution in [0.2, 0.25) is 0 Å². The zero-order valence-electron chi connectivity index (χ0n) is 14.8. The maximum atomic E-state index is 12.4. The molecule has 1 heterocycles.